The molecule has 0 spiro atoms. The maximum absolute atomic E-state index is 13.0. The lowest BCUT2D eigenvalue weighted by Gasteiger charge is -2.21. The molecule has 6 heteroatoms. The summed E-state index contributed by atoms with van der Waals surface area (Å²) in [6, 6.07) is 9.75. The lowest BCUT2D eigenvalue weighted by atomic mass is 10.0. The molecule has 0 heterocycles. The Labute approximate surface area is 162 Å². The highest BCUT2D eigenvalue weighted by molar-refractivity contribution is 7.89. The van der Waals surface area contributed by atoms with Crippen LogP contribution in [0.2, 0.25) is 0 Å². The summed E-state index contributed by atoms with van der Waals surface area (Å²) in [4.78, 5) is 0.338. The minimum absolute atomic E-state index is 0.0945. The van der Waals surface area contributed by atoms with E-state index in [4.69, 9.17) is 9.84 Å². The van der Waals surface area contributed by atoms with Gasteiger partial charge in [0.05, 0.1) is 24.2 Å². The molecule has 0 aromatic heterocycles. The van der Waals surface area contributed by atoms with E-state index in [9.17, 15) is 8.42 Å². The summed E-state index contributed by atoms with van der Waals surface area (Å²) in [7, 11) is -3.70. The first-order valence-corrected chi connectivity index (χ1v) is 10.5. The Kier molecular flexibility index (Phi) is 7.17. The molecule has 0 aliphatic carbocycles. The number of hydrogen-bond donors (Lipinski definition) is 2. The minimum atomic E-state index is -3.70. The second-order valence-electron chi connectivity index (χ2n) is 6.94. The molecule has 1 unspecified atom stereocenters. The summed E-state index contributed by atoms with van der Waals surface area (Å²) in [5, 5.41) is 9.08. The molecule has 0 saturated carbocycles. The molecule has 0 bridgehead atoms. The molecule has 2 aromatic rings. The van der Waals surface area contributed by atoms with Gasteiger partial charge in [0.15, 0.2) is 0 Å². The highest BCUT2D eigenvalue weighted by Gasteiger charge is 2.24. The van der Waals surface area contributed by atoms with Crippen LogP contribution in [0.15, 0.2) is 35.2 Å². The molecule has 0 radical (unpaired) electrons. The highest BCUT2D eigenvalue weighted by atomic mass is 32.2. The van der Waals surface area contributed by atoms with E-state index in [1.807, 2.05) is 65.0 Å². The lowest BCUT2D eigenvalue weighted by Crippen LogP contribution is -2.31. The van der Waals surface area contributed by atoms with Crippen molar-refractivity contribution in [2.24, 2.45) is 0 Å². The van der Waals surface area contributed by atoms with Gasteiger partial charge in [-0.1, -0.05) is 35.9 Å². The fraction of sp³-hybridized carbons (Fsp3) is 0.429. The Balaban J connectivity index is 2.29. The number of nitrogens with one attached hydrogen (secondary N) is 1. The van der Waals surface area contributed by atoms with Gasteiger partial charge in [-0.25, -0.2) is 13.1 Å². The summed E-state index contributed by atoms with van der Waals surface area (Å²) in [5.41, 5.74) is 5.39. The normalized spacial score (nSPS) is 13.0. The predicted octanol–water partition coefficient (Wildman–Crippen LogP) is 3.26. The first kappa shape index (κ1) is 21.6. The van der Waals surface area contributed by atoms with E-state index in [0.29, 0.717) is 4.90 Å². The number of rotatable bonds is 8. The number of sulfonamides is 1. The van der Waals surface area contributed by atoms with Crippen LogP contribution in [0.25, 0.3) is 0 Å². The number of benzene rings is 2. The first-order chi connectivity index (χ1) is 12.7. The van der Waals surface area contributed by atoms with Crippen LogP contribution < -0.4 is 4.72 Å². The maximum Gasteiger partial charge on any atom is 0.241 e. The van der Waals surface area contributed by atoms with Crippen LogP contribution in [-0.4, -0.2) is 33.3 Å². The van der Waals surface area contributed by atoms with Crippen LogP contribution >= 0.6 is 0 Å². The van der Waals surface area contributed by atoms with Crippen molar-refractivity contribution in [1.29, 1.82) is 0 Å². The Morgan fingerprint density at radius 2 is 1.56 bits per heavy atom. The topological polar surface area (TPSA) is 75.6 Å². The Morgan fingerprint density at radius 1 is 1.00 bits per heavy atom. The molecule has 2 N–H and O–H groups in total. The van der Waals surface area contributed by atoms with Gasteiger partial charge >= 0.3 is 0 Å². The van der Waals surface area contributed by atoms with Crippen LogP contribution in [0.4, 0.5) is 0 Å². The van der Waals surface area contributed by atoms with Crippen molar-refractivity contribution in [3.63, 3.8) is 0 Å². The number of ether oxygens (including phenoxy) is 1. The van der Waals surface area contributed by atoms with Crippen LogP contribution in [-0.2, 0) is 14.8 Å². The van der Waals surface area contributed by atoms with Gasteiger partial charge in [0.25, 0.3) is 0 Å². The van der Waals surface area contributed by atoms with Crippen molar-refractivity contribution in [3.05, 3.63) is 63.7 Å². The van der Waals surface area contributed by atoms with Crippen molar-refractivity contribution in [2.75, 3.05) is 19.8 Å². The molecule has 5 nitrogen and oxygen atoms in total. The van der Waals surface area contributed by atoms with Crippen LogP contribution in [0, 0.1) is 34.6 Å². The minimum Gasteiger partial charge on any atom is -0.394 e. The SMILES string of the molecule is Cc1ccc(C(CNS(=O)(=O)c2c(C)c(C)cc(C)c2C)OCCO)cc1. The van der Waals surface area contributed by atoms with E-state index >= 15 is 0 Å². The zero-order chi connectivity index (χ0) is 20.2. The zero-order valence-corrected chi connectivity index (χ0v) is 17.5. The summed E-state index contributed by atoms with van der Waals surface area (Å²) in [5.74, 6) is 0. The third-order valence-electron chi connectivity index (χ3n) is 4.88. The molecule has 0 aliphatic rings. The number of aliphatic hydroxyl groups excluding tert-OH is 1. The van der Waals surface area contributed by atoms with Crippen LogP contribution in [0.3, 0.4) is 0 Å². The summed E-state index contributed by atoms with van der Waals surface area (Å²) in [6.07, 6.45) is -0.473. The molecule has 0 saturated heterocycles. The molecule has 0 fully saturated rings. The molecule has 2 rings (SSSR count). The maximum atomic E-state index is 13.0. The van der Waals surface area contributed by atoms with Gasteiger partial charge in [-0.15, -0.1) is 0 Å². The quantitative estimate of drug-likeness (QED) is 0.724. The largest absolute Gasteiger partial charge is 0.394 e. The molecule has 1 atom stereocenters. The summed E-state index contributed by atoms with van der Waals surface area (Å²) in [6.45, 7) is 9.60. The van der Waals surface area contributed by atoms with Gasteiger partial charge in [0.2, 0.25) is 10.0 Å². The number of aryl methyl sites for hydroxylation is 3. The van der Waals surface area contributed by atoms with Crippen molar-refractivity contribution in [3.8, 4) is 0 Å². The Bertz CT molecular complexity index is 863. The monoisotopic (exact) mass is 391 g/mol. The summed E-state index contributed by atoms with van der Waals surface area (Å²) >= 11 is 0. The van der Waals surface area contributed by atoms with Gasteiger partial charge in [-0.3, -0.25) is 0 Å². The lowest BCUT2D eigenvalue weighted by molar-refractivity contribution is 0.0309. The number of aliphatic hydroxyl groups is 1. The van der Waals surface area contributed by atoms with Crippen molar-refractivity contribution in [2.45, 2.75) is 45.6 Å². The summed E-state index contributed by atoms with van der Waals surface area (Å²) < 4.78 is 34.4. The second-order valence-corrected chi connectivity index (χ2v) is 8.64. The molecule has 27 heavy (non-hydrogen) atoms. The highest BCUT2D eigenvalue weighted by Crippen LogP contribution is 2.26. The van der Waals surface area contributed by atoms with E-state index in [1.165, 1.54) is 0 Å². The number of hydrogen-bond acceptors (Lipinski definition) is 4. The molecular formula is C21H29NO4S. The first-order valence-electron chi connectivity index (χ1n) is 9.03. The van der Waals surface area contributed by atoms with E-state index in [0.717, 1.165) is 33.4 Å². The van der Waals surface area contributed by atoms with E-state index in [1.54, 1.807) is 0 Å². The van der Waals surface area contributed by atoms with E-state index in [-0.39, 0.29) is 19.8 Å². The van der Waals surface area contributed by atoms with Gasteiger partial charge in [-0.2, -0.15) is 0 Å². The smallest absolute Gasteiger partial charge is 0.241 e. The van der Waals surface area contributed by atoms with Crippen LogP contribution in [0.1, 0.15) is 39.5 Å². The van der Waals surface area contributed by atoms with Crippen LogP contribution in [0.5, 0.6) is 0 Å². The second kappa shape index (κ2) is 8.97. The standard InChI is InChI=1S/C21H29NO4S/c1-14-6-8-19(9-7-14)20(26-11-10-23)13-22-27(24,25)21-17(4)15(2)12-16(3)18(21)5/h6-9,12,20,22-23H,10-11,13H2,1-5H3. The van der Waals surface area contributed by atoms with Crippen molar-refractivity contribution >= 4 is 10.0 Å². The molecule has 0 aliphatic heterocycles. The van der Waals surface area contributed by atoms with E-state index < -0.39 is 16.1 Å². The van der Waals surface area contributed by atoms with Gasteiger partial charge in [0.1, 0.15) is 0 Å². The third kappa shape index (κ3) is 5.17. The van der Waals surface area contributed by atoms with Gasteiger partial charge in [-0.05, 0) is 62.4 Å². The average Bonchev–Trinajstić information content (AvgIpc) is 2.61. The molecule has 0 amide bonds. The van der Waals surface area contributed by atoms with Gasteiger partial charge in [0, 0.05) is 6.54 Å². The Morgan fingerprint density at radius 3 is 2.07 bits per heavy atom. The van der Waals surface area contributed by atoms with Crippen molar-refractivity contribution in [1.82, 2.24) is 4.72 Å². The Hall–Kier alpha value is -1.73. The molecule has 2 aromatic carbocycles. The predicted molar refractivity (Wildman–Crippen MR) is 108 cm³/mol. The van der Waals surface area contributed by atoms with Crippen molar-refractivity contribution < 1.29 is 18.3 Å². The average molecular weight is 392 g/mol. The van der Waals surface area contributed by atoms with E-state index in [2.05, 4.69) is 4.72 Å². The third-order valence-corrected chi connectivity index (χ3v) is 6.58. The zero-order valence-electron chi connectivity index (χ0n) is 16.7. The molecule has 148 valence electrons. The van der Waals surface area contributed by atoms with Gasteiger partial charge < -0.3 is 9.84 Å². The fourth-order valence-electron chi connectivity index (χ4n) is 3.09. The molecular weight excluding hydrogens is 362 g/mol. The fourth-order valence-corrected chi connectivity index (χ4v) is 4.73.